The molecule has 6 rings (SSSR count). The summed E-state index contributed by atoms with van der Waals surface area (Å²) in [5, 5.41) is 21.3. The van der Waals surface area contributed by atoms with Gasteiger partial charge in [-0.1, -0.05) is 30.3 Å². The molecule has 2 amide bonds. The van der Waals surface area contributed by atoms with E-state index in [4.69, 9.17) is 21.3 Å². The second kappa shape index (κ2) is 8.14. The van der Waals surface area contributed by atoms with Gasteiger partial charge in [0.25, 0.3) is 0 Å². The fourth-order valence-corrected chi connectivity index (χ4v) is 6.39. The van der Waals surface area contributed by atoms with Gasteiger partial charge in [-0.05, 0) is 48.0 Å². The Bertz CT molecular complexity index is 1540. The van der Waals surface area contributed by atoms with Crippen LogP contribution in [0.1, 0.15) is 25.3 Å². The second-order valence-electron chi connectivity index (χ2n) is 10.0. The first-order valence-corrected chi connectivity index (χ1v) is 12.1. The topological polar surface area (TPSA) is 104 Å². The van der Waals surface area contributed by atoms with Gasteiger partial charge in [-0.2, -0.15) is 5.26 Å². The molecule has 5 atom stereocenters. The smallest absolute Gasteiger partial charge is 0.240 e. The van der Waals surface area contributed by atoms with E-state index in [2.05, 4.69) is 10.9 Å². The Balaban J connectivity index is 1.34. The van der Waals surface area contributed by atoms with Crippen LogP contribution >= 0.6 is 0 Å². The number of hydrogen-bond acceptors (Lipinski definition) is 6. The maximum atomic E-state index is 14.0. The van der Waals surface area contributed by atoms with Crippen LogP contribution < -0.4 is 9.64 Å². The quantitative estimate of drug-likeness (QED) is 0.423. The van der Waals surface area contributed by atoms with Gasteiger partial charge in [-0.3, -0.25) is 9.59 Å². The van der Waals surface area contributed by atoms with Crippen LogP contribution in [0.15, 0.2) is 60.7 Å². The molecule has 1 N–H and O–H groups in total. The minimum Gasteiger partial charge on any atom is -0.493 e. The third kappa shape index (κ3) is 3.20. The molecule has 3 saturated heterocycles. The lowest BCUT2D eigenvalue weighted by atomic mass is 9.66. The van der Waals surface area contributed by atoms with E-state index in [9.17, 15) is 14.7 Å². The number of carbonyl (C=O) groups excluding carboxylic acids is 2. The third-order valence-corrected chi connectivity index (χ3v) is 8.13. The van der Waals surface area contributed by atoms with Gasteiger partial charge in [-0.25, -0.2) is 9.74 Å². The summed E-state index contributed by atoms with van der Waals surface area (Å²) in [4.78, 5) is 32.6. The summed E-state index contributed by atoms with van der Waals surface area (Å²) in [6, 6.07) is 19.3. The molecular weight excluding hydrogens is 470 g/mol. The van der Waals surface area contributed by atoms with Crippen molar-refractivity contribution in [3.05, 3.63) is 77.6 Å². The number of anilines is 1. The molecule has 3 aliphatic rings. The molecule has 37 heavy (non-hydrogen) atoms. The predicted molar refractivity (Wildman–Crippen MR) is 134 cm³/mol. The van der Waals surface area contributed by atoms with Crippen molar-refractivity contribution in [2.75, 3.05) is 11.5 Å². The highest BCUT2D eigenvalue weighted by atomic mass is 16.6. The van der Waals surface area contributed by atoms with Gasteiger partial charge in [0.2, 0.25) is 11.8 Å². The molecule has 0 saturated carbocycles. The number of rotatable bonds is 5. The number of amides is 2. The van der Waals surface area contributed by atoms with E-state index >= 15 is 0 Å². The highest BCUT2D eigenvalue weighted by Gasteiger charge is 2.77. The molecule has 184 valence electrons. The van der Waals surface area contributed by atoms with Crippen molar-refractivity contribution in [3.8, 4) is 11.8 Å². The van der Waals surface area contributed by atoms with Gasteiger partial charge < -0.3 is 14.6 Å². The van der Waals surface area contributed by atoms with Crippen LogP contribution in [0.5, 0.6) is 5.75 Å². The summed E-state index contributed by atoms with van der Waals surface area (Å²) in [6.45, 7) is 9.40. The van der Waals surface area contributed by atoms with E-state index < -0.39 is 35.0 Å². The number of nitrogens with zero attached hydrogens (tertiary/aromatic N) is 3. The fraction of sp³-hybridized carbons (Fsp3) is 0.310. The highest BCUT2D eigenvalue weighted by Crippen LogP contribution is 2.62. The number of imide groups is 1. The standard InChI is InChI=1S/C29H23N3O5/c1-28-23(33)15-29(37-28,13-14-36-18-9-7-17(16-30)8-10-18)25-24(28)26(34)32(27(25)35)22-12-11-21(31-2)19-5-3-4-6-20(19)22/h3-12,23-25,33H,13-15H2,1H3/t23?,24-,25+,28?,29?/m1/s1. The summed E-state index contributed by atoms with van der Waals surface area (Å²) < 4.78 is 12.2. The summed E-state index contributed by atoms with van der Waals surface area (Å²) in [5.74, 6) is -1.75. The van der Waals surface area contributed by atoms with Crippen molar-refractivity contribution < 1.29 is 24.2 Å². The second-order valence-corrected chi connectivity index (χ2v) is 10.0. The summed E-state index contributed by atoms with van der Waals surface area (Å²) in [7, 11) is 0. The van der Waals surface area contributed by atoms with E-state index in [1.54, 1.807) is 55.5 Å². The molecule has 0 radical (unpaired) electrons. The number of hydrogen-bond donors (Lipinski definition) is 1. The molecule has 0 aromatic heterocycles. The van der Waals surface area contributed by atoms with Gasteiger partial charge in [-0.15, -0.1) is 0 Å². The van der Waals surface area contributed by atoms with Crippen LogP contribution in [0.25, 0.3) is 15.6 Å². The van der Waals surface area contributed by atoms with Crippen molar-refractivity contribution in [3.63, 3.8) is 0 Å². The maximum absolute atomic E-state index is 14.0. The maximum Gasteiger partial charge on any atom is 0.240 e. The SMILES string of the molecule is [C-]#[N+]c1ccc(N2C(=O)[C@@H]3[C@H](C2=O)C2(C)OC3(CCOc3ccc(C#N)cc3)CC2O)c2ccccc12. The predicted octanol–water partition coefficient (Wildman–Crippen LogP) is 4.13. The number of ether oxygens (including phenoxy) is 2. The van der Waals surface area contributed by atoms with Crippen LogP contribution in [0.2, 0.25) is 0 Å². The Kier molecular flexibility index (Phi) is 5.10. The largest absolute Gasteiger partial charge is 0.493 e. The van der Waals surface area contributed by atoms with E-state index in [1.807, 2.05) is 12.1 Å². The molecule has 0 spiro atoms. The third-order valence-electron chi connectivity index (χ3n) is 8.13. The number of aliphatic hydroxyl groups is 1. The Morgan fingerprint density at radius 3 is 2.51 bits per heavy atom. The molecule has 3 fully saturated rings. The van der Waals surface area contributed by atoms with E-state index in [1.165, 1.54) is 4.90 Å². The Hall–Kier alpha value is -4.24. The van der Waals surface area contributed by atoms with E-state index in [-0.39, 0.29) is 18.9 Å². The zero-order valence-electron chi connectivity index (χ0n) is 20.0. The Labute approximate surface area is 213 Å². The minimum atomic E-state index is -1.19. The molecule has 3 aromatic rings. The van der Waals surface area contributed by atoms with Gasteiger partial charge >= 0.3 is 0 Å². The van der Waals surface area contributed by atoms with Crippen molar-refractivity contribution >= 4 is 34.0 Å². The summed E-state index contributed by atoms with van der Waals surface area (Å²) in [5.41, 5.74) is -0.823. The first kappa shape index (κ1) is 23.2. The van der Waals surface area contributed by atoms with Crippen LogP contribution in [0.4, 0.5) is 11.4 Å². The molecule has 8 nitrogen and oxygen atoms in total. The first-order chi connectivity index (χ1) is 17.8. The molecule has 8 heteroatoms. The lowest BCUT2D eigenvalue weighted by Crippen LogP contribution is -2.49. The number of nitriles is 1. The fourth-order valence-electron chi connectivity index (χ4n) is 6.39. The van der Waals surface area contributed by atoms with Gasteiger partial charge in [0.15, 0.2) is 5.69 Å². The highest BCUT2D eigenvalue weighted by molar-refractivity contribution is 6.26. The molecule has 3 heterocycles. The Morgan fingerprint density at radius 2 is 1.81 bits per heavy atom. The number of carbonyl (C=O) groups is 2. The average Bonchev–Trinajstić information content (AvgIpc) is 3.44. The summed E-state index contributed by atoms with van der Waals surface area (Å²) in [6.07, 6.45) is -0.363. The van der Waals surface area contributed by atoms with Crippen LogP contribution in [-0.4, -0.2) is 40.8 Å². The monoisotopic (exact) mass is 493 g/mol. The molecule has 3 aliphatic heterocycles. The zero-order valence-corrected chi connectivity index (χ0v) is 20.0. The van der Waals surface area contributed by atoms with Crippen LogP contribution in [0, 0.1) is 29.7 Å². The normalized spacial score (nSPS) is 29.8. The zero-order chi connectivity index (χ0) is 25.9. The van der Waals surface area contributed by atoms with Gasteiger partial charge in [0.1, 0.15) is 11.4 Å². The average molecular weight is 494 g/mol. The molecule has 3 aromatic carbocycles. The minimum absolute atomic E-state index is 0.210. The number of benzene rings is 3. The first-order valence-electron chi connectivity index (χ1n) is 12.1. The van der Waals surface area contributed by atoms with Crippen molar-refractivity contribution in [1.82, 2.24) is 0 Å². The van der Waals surface area contributed by atoms with Crippen molar-refractivity contribution in [2.24, 2.45) is 11.8 Å². The molecule has 2 bridgehead atoms. The van der Waals surface area contributed by atoms with E-state index in [0.29, 0.717) is 39.9 Å². The van der Waals surface area contributed by atoms with Gasteiger partial charge in [0, 0.05) is 12.8 Å². The number of fused-ring (bicyclic) bond motifs is 6. The number of aliphatic hydroxyl groups excluding tert-OH is 1. The van der Waals surface area contributed by atoms with Crippen molar-refractivity contribution in [2.45, 2.75) is 37.1 Å². The Morgan fingerprint density at radius 1 is 1.11 bits per heavy atom. The lowest BCUT2D eigenvalue weighted by molar-refractivity contribution is -0.134. The molecule has 0 aliphatic carbocycles. The van der Waals surface area contributed by atoms with Crippen LogP contribution in [0.3, 0.4) is 0 Å². The molecular formula is C29H23N3O5. The lowest BCUT2D eigenvalue weighted by Gasteiger charge is -2.33. The summed E-state index contributed by atoms with van der Waals surface area (Å²) >= 11 is 0. The van der Waals surface area contributed by atoms with Crippen LogP contribution in [-0.2, 0) is 14.3 Å². The van der Waals surface area contributed by atoms with Crippen molar-refractivity contribution in [1.29, 1.82) is 5.26 Å². The van der Waals surface area contributed by atoms with E-state index in [0.717, 1.165) is 0 Å². The van der Waals surface area contributed by atoms with Gasteiger partial charge in [0.05, 0.1) is 54.0 Å². The molecule has 3 unspecified atom stereocenters.